The number of ether oxygens (including phenoxy) is 2. The molecule has 326 valence electrons. The summed E-state index contributed by atoms with van der Waals surface area (Å²) in [5, 5.41) is 10.6. The second kappa shape index (κ2) is 19.0. The van der Waals surface area contributed by atoms with Crippen LogP contribution in [-0.4, -0.2) is 39.6 Å². The fourth-order valence-corrected chi connectivity index (χ4v) is 9.19. The van der Waals surface area contributed by atoms with Crippen molar-refractivity contribution in [3.63, 3.8) is 0 Å². The predicted octanol–water partition coefficient (Wildman–Crippen LogP) is 12.9. The van der Waals surface area contributed by atoms with Gasteiger partial charge in [0.15, 0.2) is 0 Å². The zero-order valence-electron chi connectivity index (χ0n) is 36.1. The van der Waals surface area contributed by atoms with Gasteiger partial charge < -0.3 is 14.6 Å². The Balaban J connectivity index is 0.923. The molecule has 2 aliphatic carbocycles. The zero-order valence-corrected chi connectivity index (χ0v) is 37.7. The molecule has 65 heavy (non-hydrogen) atoms. The molecule has 2 aliphatic rings. The van der Waals surface area contributed by atoms with Crippen LogP contribution in [0.4, 0.5) is 8.78 Å². The summed E-state index contributed by atoms with van der Waals surface area (Å²) >= 11 is 0. The fraction of sp³-hybridized carbons (Fsp3) is 0.109. The van der Waals surface area contributed by atoms with E-state index in [2.05, 4.69) is 30.3 Å². The summed E-state index contributed by atoms with van der Waals surface area (Å²) in [5.74, 6) is 2.60. The van der Waals surface area contributed by atoms with Crippen LogP contribution in [0.5, 0.6) is 17.2 Å². The molecule has 0 aromatic heterocycles. The van der Waals surface area contributed by atoms with E-state index in [4.69, 9.17) is 9.47 Å². The van der Waals surface area contributed by atoms with Crippen molar-refractivity contribution in [2.75, 3.05) is 12.5 Å². The maximum atomic E-state index is 14.5. The fourth-order valence-electron chi connectivity index (χ4n) is 8.07. The minimum Gasteiger partial charge on any atom is -0.508 e. The van der Waals surface area contributed by atoms with Gasteiger partial charge in [-0.05, 0) is 183 Å². The van der Waals surface area contributed by atoms with Crippen LogP contribution < -0.4 is 9.47 Å². The van der Waals surface area contributed by atoms with Gasteiger partial charge in [0.05, 0.1) is 12.8 Å². The van der Waals surface area contributed by atoms with Gasteiger partial charge in [0, 0.05) is 32.9 Å². The van der Waals surface area contributed by atoms with Crippen LogP contribution >= 0.6 is 10.5 Å². The lowest BCUT2D eigenvalue weighted by atomic mass is 10.0. The molecule has 0 spiro atoms. The molecule has 6 nitrogen and oxygen atoms in total. The van der Waals surface area contributed by atoms with E-state index in [9.17, 15) is 27.7 Å². The summed E-state index contributed by atoms with van der Waals surface area (Å²) in [6, 6.07) is 36.1. The van der Waals surface area contributed by atoms with Crippen LogP contribution in [0.2, 0.25) is 0 Å². The summed E-state index contributed by atoms with van der Waals surface area (Å²) in [4.78, 5) is 28.6. The molecule has 2 unspecified atom stereocenters. The molecular weight excluding hydrogens is 859 g/mol. The third-order valence-corrected chi connectivity index (χ3v) is 13.4. The number of esters is 2. The Morgan fingerprint density at radius 2 is 1.03 bits per heavy atom. The van der Waals surface area contributed by atoms with Crippen LogP contribution in [0, 0.1) is 11.6 Å². The molecule has 0 fully saturated rings. The van der Waals surface area contributed by atoms with Gasteiger partial charge >= 0.3 is 11.9 Å². The van der Waals surface area contributed by atoms with E-state index in [0.29, 0.717) is 38.5 Å². The van der Waals surface area contributed by atoms with Crippen molar-refractivity contribution < 1.29 is 37.2 Å². The van der Waals surface area contributed by atoms with Gasteiger partial charge in [-0.2, -0.15) is 10.5 Å². The van der Waals surface area contributed by atoms with E-state index in [1.54, 1.807) is 73.0 Å². The monoisotopic (exact) mass is 902 g/mol. The molecule has 6 aromatic carbocycles. The lowest BCUT2D eigenvalue weighted by Gasteiger charge is -2.09. The number of phenols is 1. The highest BCUT2D eigenvalue weighted by Gasteiger charge is 2.28. The zero-order chi connectivity index (χ0) is 45.9. The Kier molecular flexibility index (Phi) is 13.0. The van der Waals surface area contributed by atoms with Crippen LogP contribution in [0.25, 0.3) is 46.6 Å². The standard InChI is InChI=1S/C55H44F2O6S2/c1-33-48(26-36-10-18-44(19-11-36)64(3)4)46-22-14-39(56)28-52(46)50(33)31-54(59)62-42-16-8-35(9-17-42)6-7-38-24-41(58)30-43(25-38)63-55(60)32-51-34(2)49(47-23-15-40(57)29-53(47)51)27-37-12-20-45(21-13-37)65(5)61/h6-30,58H,3,31-32H2,1-2,4-5H3/b7-6+,48-26-,49-27-. The number of phenolic OH excluding ortho intramolecular Hbond substituents is 1. The lowest BCUT2D eigenvalue weighted by molar-refractivity contribution is -0.134. The summed E-state index contributed by atoms with van der Waals surface area (Å²) in [6.45, 7) is 3.82. The van der Waals surface area contributed by atoms with E-state index >= 15 is 0 Å². The van der Waals surface area contributed by atoms with Gasteiger partial charge in [-0.15, -0.1) is 0 Å². The molecule has 1 N–H and O–H groups in total. The van der Waals surface area contributed by atoms with Crippen molar-refractivity contribution in [2.45, 2.75) is 36.5 Å². The number of benzene rings is 6. The predicted molar refractivity (Wildman–Crippen MR) is 262 cm³/mol. The number of rotatable bonds is 12. The van der Waals surface area contributed by atoms with Gasteiger partial charge in [-0.25, -0.2) is 8.78 Å². The van der Waals surface area contributed by atoms with E-state index in [1.165, 1.54) is 36.4 Å². The number of aromatic hydroxyl groups is 1. The smallest absolute Gasteiger partial charge is 0.315 e. The SMILES string of the molecule is C=S(C)c1ccc(/C=C2/C(C)=C(CC(=O)Oc3ccc(/C=C/c4cc(O)cc(OC(=O)CC5=C(C)/C(=C/c6ccc(S(C)=O)cc6)c6ccc(F)cc65)c4)cc3)c3cc(F)ccc32)cc1. The molecule has 6 aromatic rings. The topological polar surface area (TPSA) is 89.9 Å². The van der Waals surface area contributed by atoms with Crippen molar-refractivity contribution in [2.24, 2.45) is 0 Å². The van der Waals surface area contributed by atoms with Crippen LogP contribution in [0.1, 0.15) is 71.2 Å². The molecule has 2 atom stereocenters. The summed E-state index contributed by atoms with van der Waals surface area (Å²) in [5.41, 5.74) is 10.9. The molecule has 0 saturated carbocycles. The van der Waals surface area contributed by atoms with Crippen molar-refractivity contribution >= 4 is 85.7 Å². The third kappa shape index (κ3) is 10.2. The van der Waals surface area contributed by atoms with E-state index < -0.39 is 28.6 Å². The van der Waals surface area contributed by atoms with Crippen molar-refractivity contribution in [1.82, 2.24) is 0 Å². The quantitative estimate of drug-likeness (QED) is 0.0569. The molecule has 0 saturated heterocycles. The summed E-state index contributed by atoms with van der Waals surface area (Å²) < 4.78 is 52.4. The van der Waals surface area contributed by atoms with E-state index in [-0.39, 0.29) is 40.6 Å². The normalized spacial score (nSPS) is 15.4. The number of carbonyl (C=O) groups excluding carboxylic acids is 2. The minimum atomic E-state index is -1.11. The summed E-state index contributed by atoms with van der Waals surface area (Å²) in [6.07, 6.45) is 11.1. The van der Waals surface area contributed by atoms with Gasteiger partial charge in [-0.3, -0.25) is 13.8 Å². The minimum absolute atomic E-state index is 0.0500. The molecular formula is C55H44F2O6S2. The Bertz CT molecular complexity index is 3100. The van der Waals surface area contributed by atoms with Crippen molar-refractivity contribution in [3.05, 3.63) is 195 Å². The average Bonchev–Trinajstić information content (AvgIpc) is 3.66. The molecule has 0 amide bonds. The third-order valence-electron chi connectivity index (χ3n) is 11.4. The van der Waals surface area contributed by atoms with Gasteiger partial charge in [0.25, 0.3) is 0 Å². The highest BCUT2D eigenvalue weighted by atomic mass is 32.2. The first kappa shape index (κ1) is 44.6. The van der Waals surface area contributed by atoms with Crippen molar-refractivity contribution in [3.8, 4) is 17.2 Å². The second-order valence-corrected chi connectivity index (χ2v) is 19.0. The highest BCUT2D eigenvalue weighted by Crippen LogP contribution is 2.45. The first-order chi connectivity index (χ1) is 31.2. The molecule has 0 bridgehead atoms. The molecule has 10 heteroatoms. The van der Waals surface area contributed by atoms with Crippen LogP contribution in [0.3, 0.4) is 0 Å². The largest absolute Gasteiger partial charge is 0.508 e. The molecule has 0 heterocycles. The molecule has 0 aliphatic heterocycles. The van der Waals surface area contributed by atoms with Crippen LogP contribution in [-0.2, 0) is 20.4 Å². The number of halogens is 2. The number of hydrogen-bond donors (Lipinski definition) is 1. The van der Waals surface area contributed by atoms with E-state index in [1.807, 2.05) is 44.2 Å². The Morgan fingerprint density at radius 1 is 0.569 bits per heavy atom. The molecule has 8 rings (SSSR count). The highest BCUT2D eigenvalue weighted by molar-refractivity contribution is 8.13. The number of fused-ring (bicyclic) bond motifs is 2. The first-order valence-electron chi connectivity index (χ1n) is 20.7. The maximum Gasteiger partial charge on any atom is 0.315 e. The number of hydrogen-bond acceptors (Lipinski definition) is 6. The van der Waals surface area contributed by atoms with Gasteiger partial charge in [0.2, 0.25) is 0 Å². The Morgan fingerprint density at radius 3 is 1.52 bits per heavy atom. The van der Waals surface area contributed by atoms with Crippen LogP contribution in [0.15, 0.2) is 148 Å². The second-order valence-electron chi connectivity index (χ2n) is 15.9. The number of allylic oxidation sites excluding steroid dienone is 4. The first-order valence-corrected chi connectivity index (χ1v) is 24.0. The average molecular weight is 903 g/mol. The van der Waals surface area contributed by atoms with Gasteiger partial charge in [-0.1, -0.05) is 66.6 Å². The maximum absolute atomic E-state index is 14.5. The van der Waals surface area contributed by atoms with Gasteiger partial charge in [0.1, 0.15) is 28.9 Å². The summed E-state index contributed by atoms with van der Waals surface area (Å²) in [7, 11) is -1.22. The molecule has 0 radical (unpaired) electrons. The number of carbonyl (C=O) groups is 2. The lowest BCUT2D eigenvalue weighted by Crippen LogP contribution is -2.09. The Hall–Kier alpha value is -7.01. The Labute approximate surface area is 382 Å². The van der Waals surface area contributed by atoms with E-state index in [0.717, 1.165) is 55.0 Å². The van der Waals surface area contributed by atoms with Crippen molar-refractivity contribution in [1.29, 1.82) is 0 Å².